The molecule has 1 saturated heterocycles. The Morgan fingerprint density at radius 1 is 0.550 bits per heavy atom. The van der Waals surface area contributed by atoms with Crippen molar-refractivity contribution in [2.45, 2.75) is 114 Å². The van der Waals surface area contributed by atoms with Gasteiger partial charge in [-0.1, -0.05) is 51.4 Å². The van der Waals surface area contributed by atoms with Crippen LogP contribution >= 0.6 is 0 Å². The van der Waals surface area contributed by atoms with Gasteiger partial charge >= 0.3 is 0 Å². The molecule has 0 aromatic heterocycles. The number of fused-ring (bicyclic) bond motifs is 4. The molecular formula is C18H33NO. The molecule has 0 amide bonds. The number of nitrogens with one attached hydrogen (secondary N) is 1. The summed E-state index contributed by atoms with van der Waals surface area (Å²) in [6.45, 7) is 0. The minimum absolute atomic E-state index is 0.538. The molecule has 4 bridgehead atoms. The van der Waals surface area contributed by atoms with Crippen LogP contribution in [0, 0.1) is 0 Å². The quantitative estimate of drug-likeness (QED) is 0.701. The summed E-state index contributed by atoms with van der Waals surface area (Å²) in [4.78, 5) is 0. The highest BCUT2D eigenvalue weighted by molar-refractivity contribution is 4.85. The highest BCUT2D eigenvalue weighted by atomic mass is 16.5. The van der Waals surface area contributed by atoms with Crippen LogP contribution in [0.2, 0.25) is 0 Å². The van der Waals surface area contributed by atoms with Gasteiger partial charge in [-0.25, -0.2) is 0 Å². The molecule has 2 saturated carbocycles. The van der Waals surface area contributed by atoms with E-state index in [9.17, 15) is 0 Å². The minimum atomic E-state index is 0.538. The fourth-order valence-electron chi connectivity index (χ4n) is 4.49. The smallest absolute Gasteiger partial charge is 0.0593 e. The SMILES string of the molecule is C1CCCC2CC(CCC1)OC1CCCCCC(C1)N2. The molecule has 0 radical (unpaired) electrons. The van der Waals surface area contributed by atoms with Gasteiger partial charge in [0.15, 0.2) is 0 Å². The first-order valence-electron chi connectivity index (χ1n) is 9.31. The van der Waals surface area contributed by atoms with Crippen LogP contribution in [-0.2, 0) is 4.74 Å². The van der Waals surface area contributed by atoms with Crippen LogP contribution in [0.4, 0.5) is 0 Å². The molecule has 1 heterocycles. The van der Waals surface area contributed by atoms with E-state index in [1.54, 1.807) is 0 Å². The molecule has 0 spiro atoms. The van der Waals surface area contributed by atoms with Crippen molar-refractivity contribution in [1.82, 2.24) is 5.32 Å². The Balaban J connectivity index is 1.66. The van der Waals surface area contributed by atoms with Gasteiger partial charge in [-0.2, -0.15) is 0 Å². The lowest BCUT2D eigenvalue weighted by Crippen LogP contribution is -2.46. The van der Waals surface area contributed by atoms with Gasteiger partial charge in [-0.05, 0) is 38.5 Å². The topological polar surface area (TPSA) is 21.3 Å². The van der Waals surface area contributed by atoms with E-state index < -0.39 is 0 Å². The van der Waals surface area contributed by atoms with Crippen molar-refractivity contribution in [2.75, 3.05) is 0 Å². The lowest BCUT2D eigenvalue weighted by Gasteiger charge is -2.38. The lowest BCUT2D eigenvalue weighted by molar-refractivity contribution is -0.0540. The maximum absolute atomic E-state index is 6.56. The monoisotopic (exact) mass is 279 g/mol. The summed E-state index contributed by atoms with van der Waals surface area (Å²) in [6.07, 6.45) is 20.3. The first kappa shape index (κ1) is 14.8. The largest absolute Gasteiger partial charge is 0.375 e. The molecule has 0 aromatic carbocycles. The van der Waals surface area contributed by atoms with Gasteiger partial charge in [-0.15, -0.1) is 0 Å². The molecule has 3 fully saturated rings. The Bertz CT molecular complexity index is 253. The molecule has 4 atom stereocenters. The number of hydrogen-bond acceptors (Lipinski definition) is 2. The standard InChI is InChI=1S/C18H33NO/c1-2-5-9-15-13-17(11-7-3-1)20-18-12-8-4-6-10-16(14-18)19-15/h15-19H,1-14H2. The summed E-state index contributed by atoms with van der Waals surface area (Å²) in [5.74, 6) is 0. The summed E-state index contributed by atoms with van der Waals surface area (Å²) < 4.78 is 6.56. The van der Waals surface area contributed by atoms with Crippen LogP contribution in [0.15, 0.2) is 0 Å². The molecule has 2 aliphatic carbocycles. The average molecular weight is 279 g/mol. The van der Waals surface area contributed by atoms with Crippen molar-refractivity contribution >= 4 is 0 Å². The molecule has 3 rings (SSSR count). The van der Waals surface area contributed by atoms with Crippen LogP contribution < -0.4 is 5.32 Å². The highest BCUT2D eigenvalue weighted by Crippen LogP contribution is 2.29. The summed E-state index contributed by atoms with van der Waals surface area (Å²) in [5.41, 5.74) is 0. The first-order valence-corrected chi connectivity index (χ1v) is 9.31. The third-order valence-electron chi connectivity index (χ3n) is 5.61. The van der Waals surface area contributed by atoms with Crippen molar-refractivity contribution in [1.29, 1.82) is 0 Å². The third-order valence-corrected chi connectivity index (χ3v) is 5.61. The van der Waals surface area contributed by atoms with Gasteiger partial charge in [0.2, 0.25) is 0 Å². The zero-order valence-electron chi connectivity index (χ0n) is 13.1. The molecule has 1 N–H and O–H groups in total. The predicted molar refractivity (Wildman–Crippen MR) is 84.0 cm³/mol. The van der Waals surface area contributed by atoms with Crippen LogP contribution in [0.3, 0.4) is 0 Å². The van der Waals surface area contributed by atoms with E-state index in [-0.39, 0.29) is 0 Å². The summed E-state index contributed by atoms with van der Waals surface area (Å²) in [5, 5.41) is 4.02. The number of hydrogen-bond donors (Lipinski definition) is 1. The molecule has 0 aromatic rings. The fourth-order valence-corrected chi connectivity index (χ4v) is 4.49. The molecule has 3 aliphatic rings. The van der Waals surface area contributed by atoms with Gasteiger partial charge in [0, 0.05) is 12.1 Å². The third kappa shape index (κ3) is 4.46. The molecule has 20 heavy (non-hydrogen) atoms. The Hall–Kier alpha value is -0.0800. The van der Waals surface area contributed by atoms with Crippen LogP contribution in [0.5, 0.6) is 0 Å². The van der Waals surface area contributed by atoms with E-state index in [1.807, 2.05) is 0 Å². The Morgan fingerprint density at radius 2 is 1.00 bits per heavy atom. The summed E-state index contributed by atoms with van der Waals surface area (Å²) >= 11 is 0. The molecular weight excluding hydrogens is 246 g/mol. The zero-order valence-corrected chi connectivity index (χ0v) is 13.1. The summed E-state index contributed by atoms with van der Waals surface area (Å²) in [7, 11) is 0. The van der Waals surface area contributed by atoms with Crippen molar-refractivity contribution < 1.29 is 4.74 Å². The maximum Gasteiger partial charge on any atom is 0.0593 e. The van der Waals surface area contributed by atoms with Crippen molar-refractivity contribution in [2.24, 2.45) is 0 Å². The van der Waals surface area contributed by atoms with E-state index in [0.29, 0.717) is 12.2 Å². The van der Waals surface area contributed by atoms with Gasteiger partial charge in [-0.3, -0.25) is 0 Å². The molecule has 4 unspecified atom stereocenters. The average Bonchev–Trinajstić information content (AvgIpc) is 2.39. The second-order valence-electron chi connectivity index (χ2n) is 7.40. The Kier molecular flexibility index (Phi) is 5.78. The van der Waals surface area contributed by atoms with E-state index in [2.05, 4.69) is 5.32 Å². The lowest BCUT2D eigenvalue weighted by atomic mass is 9.89. The van der Waals surface area contributed by atoms with Gasteiger partial charge in [0.05, 0.1) is 12.2 Å². The minimum Gasteiger partial charge on any atom is -0.375 e. The normalized spacial score (nSPS) is 40.8. The van der Waals surface area contributed by atoms with Crippen LogP contribution in [-0.4, -0.2) is 24.3 Å². The maximum atomic E-state index is 6.56. The predicted octanol–water partition coefficient (Wildman–Crippen LogP) is 4.57. The van der Waals surface area contributed by atoms with E-state index in [1.165, 1.54) is 89.9 Å². The molecule has 116 valence electrons. The molecule has 1 aliphatic heterocycles. The second-order valence-corrected chi connectivity index (χ2v) is 7.40. The van der Waals surface area contributed by atoms with Gasteiger partial charge in [0.1, 0.15) is 0 Å². The molecule has 2 nitrogen and oxygen atoms in total. The van der Waals surface area contributed by atoms with Gasteiger partial charge < -0.3 is 10.1 Å². The number of ether oxygens (including phenoxy) is 1. The highest BCUT2D eigenvalue weighted by Gasteiger charge is 2.29. The van der Waals surface area contributed by atoms with Crippen molar-refractivity contribution in [3.8, 4) is 0 Å². The Labute approximate surface area is 125 Å². The van der Waals surface area contributed by atoms with E-state index in [4.69, 9.17) is 4.74 Å². The number of rotatable bonds is 0. The Morgan fingerprint density at radius 3 is 1.60 bits per heavy atom. The van der Waals surface area contributed by atoms with Crippen LogP contribution in [0.1, 0.15) is 89.9 Å². The first-order chi connectivity index (χ1) is 9.90. The fraction of sp³-hybridized carbons (Fsp3) is 1.00. The summed E-state index contributed by atoms with van der Waals surface area (Å²) in [6, 6.07) is 1.46. The van der Waals surface area contributed by atoms with Crippen molar-refractivity contribution in [3.05, 3.63) is 0 Å². The zero-order chi connectivity index (χ0) is 13.6. The van der Waals surface area contributed by atoms with E-state index in [0.717, 1.165) is 12.1 Å². The van der Waals surface area contributed by atoms with Crippen LogP contribution in [0.25, 0.3) is 0 Å². The van der Waals surface area contributed by atoms with Gasteiger partial charge in [0.25, 0.3) is 0 Å². The molecule has 2 heteroatoms. The van der Waals surface area contributed by atoms with E-state index >= 15 is 0 Å². The van der Waals surface area contributed by atoms with Crippen molar-refractivity contribution in [3.63, 3.8) is 0 Å². The second kappa shape index (κ2) is 7.79.